The number of thiophene rings is 14. The zero-order valence-corrected chi connectivity index (χ0v) is 66.1. The summed E-state index contributed by atoms with van der Waals surface area (Å²) >= 11 is 58.2. The van der Waals surface area contributed by atoms with Gasteiger partial charge in [-0.1, -0.05) is 59.7 Å². The van der Waals surface area contributed by atoms with E-state index in [4.69, 9.17) is 0 Å². The second-order valence-corrected chi connectivity index (χ2v) is 40.5. The first kappa shape index (κ1) is 58.0. The van der Waals surface area contributed by atoms with Crippen molar-refractivity contribution in [3.05, 3.63) is 154 Å². The van der Waals surface area contributed by atoms with Gasteiger partial charge in [0.2, 0.25) is 0 Å². The van der Waals surface area contributed by atoms with Gasteiger partial charge in [-0.25, -0.2) is 0 Å². The molecule has 14 heterocycles. The van der Waals surface area contributed by atoms with Crippen LogP contribution in [0, 0.1) is 27.7 Å². The number of hydrogen-bond acceptors (Lipinski definition) is 14. The second-order valence-electron chi connectivity index (χ2n) is 19.0. The normalized spacial score (nSPS) is 12.1. The van der Waals surface area contributed by atoms with E-state index in [1.165, 1.54) is 192 Å². The molecular weight excluding hydrogens is 1810 g/mol. The van der Waals surface area contributed by atoms with Gasteiger partial charge in [0.1, 0.15) is 0 Å². The second kappa shape index (κ2) is 22.8. The molecule has 0 atom stereocenters. The van der Waals surface area contributed by atoms with Gasteiger partial charge in [0.15, 0.2) is 0 Å². The first-order valence-corrected chi connectivity index (χ1v) is 42.3. The summed E-state index contributed by atoms with van der Waals surface area (Å²) in [6, 6.07) is 35.9. The average Bonchev–Trinajstić information content (AvgIpc) is 3.62. The minimum Gasteiger partial charge on any atom is -0.140 e. The van der Waals surface area contributed by atoms with Crippen molar-refractivity contribution >= 4 is 343 Å². The van der Waals surface area contributed by atoms with Gasteiger partial charge in [-0.15, -0.1) is 159 Å². The number of fused-ring (bicyclic) bond motifs is 6. The highest BCUT2D eigenvalue weighted by molar-refractivity contribution is 9.12. The SMILES string of the molecule is Cc1ccc(-c2cc3sc(-c4sc5c(Br)c(-c6sc7cc(-c8ccc(C)cc8)sc7c6Br)sc5c4Br)c(Br)c3s2)cc1.Cc1ccc(-c2cc3sc(-c4sc5c(Br)c(-c6sc7cc(-c8ccc(C)s8)sc7c6Br)sc5c4Br)c(Br)c3s2)s1. The molecule has 0 spiro atoms. The van der Waals surface area contributed by atoms with E-state index >= 15 is 0 Å². The van der Waals surface area contributed by atoms with E-state index in [9.17, 15) is 0 Å². The molecule has 16 aromatic rings. The molecule has 0 radical (unpaired) electrons. The van der Waals surface area contributed by atoms with Gasteiger partial charge in [0.25, 0.3) is 0 Å². The highest BCUT2D eigenvalue weighted by atomic mass is 79.9. The van der Waals surface area contributed by atoms with E-state index in [0.29, 0.717) is 0 Å². The molecule has 16 rings (SSSR count). The number of rotatable bonds is 8. The third-order valence-corrected chi connectivity index (χ3v) is 42.0. The first-order valence-electron chi connectivity index (χ1n) is 24.5. The maximum absolute atomic E-state index is 4.02. The van der Waals surface area contributed by atoms with Crippen LogP contribution in [0.2, 0.25) is 0 Å². The lowest BCUT2D eigenvalue weighted by molar-refractivity contribution is 1.48. The first-order chi connectivity index (χ1) is 39.5. The van der Waals surface area contributed by atoms with E-state index in [0.717, 1.165) is 0 Å². The van der Waals surface area contributed by atoms with Crippen molar-refractivity contribution in [2.24, 2.45) is 0 Å². The van der Waals surface area contributed by atoms with E-state index in [-0.39, 0.29) is 0 Å². The molecule has 0 unspecified atom stereocenters. The van der Waals surface area contributed by atoms with Crippen LogP contribution >= 0.6 is 286 Å². The molecule has 2 aromatic carbocycles. The summed E-state index contributed by atoms with van der Waals surface area (Å²) < 4.78 is 25.4. The zero-order valence-electron chi connectivity index (χ0n) is 42.0. The summed E-state index contributed by atoms with van der Waals surface area (Å²) in [5.41, 5.74) is 5.14. The smallest absolute Gasteiger partial charge is 0.0618 e. The van der Waals surface area contributed by atoms with E-state index in [2.05, 4.69) is 252 Å². The minimum absolute atomic E-state index is 1.18. The van der Waals surface area contributed by atoms with Crippen molar-refractivity contribution in [3.8, 4) is 79.4 Å². The molecule has 0 saturated heterocycles. The predicted molar refractivity (Wildman–Crippen MR) is 412 cm³/mol. The van der Waals surface area contributed by atoms with E-state index < -0.39 is 0 Å². The van der Waals surface area contributed by atoms with Gasteiger partial charge in [-0.3, -0.25) is 0 Å². The summed E-state index contributed by atoms with van der Waals surface area (Å²) in [6.07, 6.45) is 0. The molecule has 0 bridgehead atoms. The van der Waals surface area contributed by atoms with Gasteiger partial charge >= 0.3 is 0 Å². The Labute approximate surface area is 593 Å². The average molecular weight is 1840 g/mol. The summed E-state index contributed by atoms with van der Waals surface area (Å²) in [5.74, 6) is 0. The fourth-order valence-electron chi connectivity index (χ4n) is 9.47. The van der Waals surface area contributed by atoms with Gasteiger partial charge < -0.3 is 0 Å². The van der Waals surface area contributed by atoms with Crippen LogP contribution in [0.4, 0.5) is 0 Å². The largest absolute Gasteiger partial charge is 0.140 e. The fraction of sp³-hybridized carbons (Fsp3) is 0.0667. The summed E-state index contributed by atoms with van der Waals surface area (Å²) in [7, 11) is 0. The van der Waals surface area contributed by atoms with Crippen LogP contribution in [0.5, 0.6) is 0 Å². The molecule has 0 aliphatic carbocycles. The lowest BCUT2D eigenvalue weighted by atomic mass is 10.1. The van der Waals surface area contributed by atoms with Crippen molar-refractivity contribution in [1.29, 1.82) is 0 Å². The van der Waals surface area contributed by atoms with Crippen molar-refractivity contribution in [3.63, 3.8) is 0 Å². The van der Waals surface area contributed by atoms with Crippen LogP contribution in [0.15, 0.2) is 133 Å². The van der Waals surface area contributed by atoms with Gasteiger partial charge in [0, 0.05) is 57.8 Å². The summed E-state index contributed by atoms with van der Waals surface area (Å²) in [6.45, 7) is 8.61. The number of benzene rings is 2. The number of hydrogen-bond donors (Lipinski definition) is 0. The van der Waals surface area contributed by atoms with Crippen LogP contribution in [-0.4, -0.2) is 0 Å². The molecule has 0 fully saturated rings. The summed E-state index contributed by atoms with van der Waals surface area (Å²) in [5, 5.41) is 0. The Kier molecular flexibility index (Phi) is 16.2. The molecular formula is C60H28Br8S14. The molecule has 0 N–H and O–H groups in total. The molecule has 0 aliphatic heterocycles. The van der Waals surface area contributed by atoms with E-state index in [1.54, 1.807) is 0 Å². The Morgan fingerprint density at radius 1 is 0.220 bits per heavy atom. The molecule has 0 nitrogen and oxygen atoms in total. The third-order valence-electron chi connectivity index (χ3n) is 13.5. The highest BCUT2D eigenvalue weighted by Gasteiger charge is 2.29. The molecule has 0 amide bonds. The number of aryl methyl sites for hydroxylation is 4. The Balaban J connectivity index is 0.000000141. The lowest BCUT2D eigenvalue weighted by Crippen LogP contribution is -1.73. The maximum atomic E-state index is 4.02. The fourth-order valence-corrected chi connectivity index (χ4v) is 35.7. The molecule has 0 aliphatic rings. The van der Waals surface area contributed by atoms with Crippen molar-refractivity contribution in [2.75, 3.05) is 0 Å². The number of halogens is 8. The monoisotopic (exact) mass is 1830 g/mol. The van der Waals surface area contributed by atoms with E-state index in [1.807, 2.05) is 159 Å². The highest BCUT2D eigenvalue weighted by Crippen LogP contribution is 2.62. The van der Waals surface area contributed by atoms with Crippen LogP contribution < -0.4 is 0 Å². The maximum Gasteiger partial charge on any atom is 0.0618 e. The third kappa shape index (κ3) is 10.0. The topological polar surface area (TPSA) is 0 Å². The molecule has 408 valence electrons. The lowest BCUT2D eigenvalue weighted by Gasteiger charge is -2.00. The van der Waals surface area contributed by atoms with Crippen LogP contribution in [0.1, 0.15) is 20.9 Å². The minimum atomic E-state index is 1.18. The molecule has 14 aromatic heterocycles. The van der Waals surface area contributed by atoms with Crippen molar-refractivity contribution in [1.82, 2.24) is 0 Å². The van der Waals surface area contributed by atoms with Gasteiger partial charge in [-0.2, -0.15) is 0 Å². The summed E-state index contributed by atoms with van der Waals surface area (Å²) in [4.78, 5) is 21.1. The quantitative estimate of drug-likeness (QED) is 0.142. The Bertz CT molecular complexity index is 4880. The Morgan fingerprint density at radius 3 is 0.720 bits per heavy atom. The van der Waals surface area contributed by atoms with Crippen LogP contribution in [0.3, 0.4) is 0 Å². The van der Waals surface area contributed by atoms with Gasteiger partial charge in [-0.05, 0) is 215 Å². The Morgan fingerprint density at radius 2 is 0.463 bits per heavy atom. The molecule has 82 heavy (non-hydrogen) atoms. The van der Waals surface area contributed by atoms with Gasteiger partial charge in [0.05, 0.1) is 112 Å². The van der Waals surface area contributed by atoms with Crippen LogP contribution in [0.25, 0.3) is 136 Å². The van der Waals surface area contributed by atoms with Crippen LogP contribution in [-0.2, 0) is 0 Å². The standard InChI is InChI=1S/C32H16Br4S6.C28H12Br4S8/c1-13-3-7-15(8-4-13)17-11-19-25(37-17)21(33)27(39-19)29-23(35)31-32(41-29)24(36)30(42-31)28-22(34)26-20(40-28)12-18(38-26)16-9-5-14(2)6-10-16;1-9-3-5-11(33-9)13-7-15-21(35-13)17(29)23(37-15)25-19(31)27-28(39-25)20(32)26(40-27)24-18(30)22-16(38-24)8-14(36-22)12-6-4-10(2)34-12/h3-12H,1-2H3;3-8H,1-2H3. The van der Waals surface area contributed by atoms with Crippen molar-refractivity contribution in [2.45, 2.75) is 27.7 Å². The Hall–Kier alpha value is -0.360. The molecule has 22 heteroatoms. The molecule has 0 saturated carbocycles. The predicted octanol–water partition coefficient (Wildman–Crippen LogP) is 31.8. The van der Waals surface area contributed by atoms with Crippen molar-refractivity contribution < 1.29 is 0 Å². The zero-order chi connectivity index (χ0) is 56.3.